The van der Waals surface area contributed by atoms with Crippen LogP contribution in [0.15, 0.2) is 48.5 Å². The number of benzene rings is 2. The normalized spacial score (nSPS) is 12.9. The minimum atomic E-state index is -1.41. The van der Waals surface area contributed by atoms with E-state index in [1.165, 1.54) is 44.9 Å². The van der Waals surface area contributed by atoms with Crippen LogP contribution in [0.3, 0.4) is 0 Å². The molecule has 0 saturated heterocycles. The molecule has 0 aliphatic heterocycles. The first-order valence-corrected chi connectivity index (χ1v) is 14.0. The molecule has 206 valence electrons. The quantitative estimate of drug-likeness (QED) is 0.174. The third kappa shape index (κ3) is 8.89. The smallest absolute Gasteiger partial charge is 0.407 e. The number of carboxylic acids is 1. The second kappa shape index (κ2) is 15.8. The molecule has 38 heavy (non-hydrogen) atoms. The molecular weight excluding hydrogens is 482 g/mol. The SMILES string of the molecule is CCCCCCCCCCCCOC(=O)C[C@H](NC(=O)OCC1c2ccccc2-c2ccccc21)C(=O)O. The van der Waals surface area contributed by atoms with E-state index in [0.717, 1.165) is 41.5 Å². The van der Waals surface area contributed by atoms with Gasteiger partial charge >= 0.3 is 18.0 Å². The minimum absolute atomic E-state index is 0.0649. The maximum absolute atomic E-state index is 12.4. The summed E-state index contributed by atoms with van der Waals surface area (Å²) in [5.41, 5.74) is 4.33. The average Bonchev–Trinajstić information content (AvgIpc) is 3.23. The van der Waals surface area contributed by atoms with Crippen molar-refractivity contribution in [3.05, 3.63) is 59.7 Å². The molecule has 0 heterocycles. The Hall–Kier alpha value is -3.35. The molecule has 0 fully saturated rings. The lowest BCUT2D eigenvalue weighted by atomic mass is 9.98. The highest BCUT2D eigenvalue weighted by atomic mass is 16.6. The van der Waals surface area contributed by atoms with Crippen molar-refractivity contribution in [2.45, 2.75) is 89.5 Å². The van der Waals surface area contributed by atoms with Crippen LogP contribution in [-0.4, -0.2) is 42.4 Å². The van der Waals surface area contributed by atoms with Crippen LogP contribution < -0.4 is 5.32 Å². The van der Waals surface area contributed by atoms with Crippen molar-refractivity contribution in [3.8, 4) is 11.1 Å². The van der Waals surface area contributed by atoms with Gasteiger partial charge in [0.25, 0.3) is 0 Å². The second-order valence-electron chi connectivity index (χ2n) is 9.97. The number of nitrogens with one attached hydrogen (secondary N) is 1. The van der Waals surface area contributed by atoms with Gasteiger partial charge in [0.1, 0.15) is 12.6 Å². The summed E-state index contributed by atoms with van der Waals surface area (Å²) in [6.07, 6.45) is 10.4. The van der Waals surface area contributed by atoms with Gasteiger partial charge in [-0.3, -0.25) is 4.79 Å². The van der Waals surface area contributed by atoms with Crippen molar-refractivity contribution in [1.29, 1.82) is 0 Å². The molecule has 7 nitrogen and oxygen atoms in total. The van der Waals surface area contributed by atoms with E-state index in [9.17, 15) is 19.5 Å². The zero-order valence-electron chi connectivity index (χ0n) is 22.5. The van der Waals surface area contributed by atoms with Gasteiger partial charge in [-0.2, -0.15) is 0 Å². The van der Waals surface area contributed by atoms with E-state index in [-0.39, 0.29) is 19.1 Å². The average molecular weight is 524 g/mol. The molecule has 1 atom stereocenters. The summed E-state index contributed by atoms with van der Waals surface area (Å²) >= 11 is 0. The van der Waals surface area contributed by atoms with Crippen molar-refractivity contribution < 1.29 is 29.0 Å². The molecule has 7 heteroatoms. The summed E-state index contributed by atoms with van der Waals surface area (Å²) in [6.45, 7) is 2.54. The topological polar surface area (TPSA) is 102 Å². The van der Waals surface area contributed by atoms with Gasteiger partial charge < -0.3 is 19.9 Å². The summed E-state index contributed by atoms with van der Waals surface area (Å²) < 4.78 is 10.6. The first kappa shape index (κ1) is 29.2. The maximum atomic E-state index is 12.4. The zero-order chi connectivity index (χ0) is 27.2. The number of rotatable bonds is 17. The van der Waals surface area contributed by atoms with E-state index in [0.29, 0.717) is 0 Å². The van der Waals surface area contributed by atoms with Gasteiger partial charge in [-0.15, -0.1) is 0 Å². The number of carboxylic acid groups (broad SMARTS) is 1. The number of aliphatic carboxylic acids is 1. The second-order valence-corrected chi connectivity index (χ2v) is 9.97. The van der Waals surface area contributed by atoms with E-state index in [1.807, 2.05) is 48.5 Å². The van der Waals surface area contributed by atoms with E-state index in [2.05, 4.69) is 12.2 Å². The van der Waals surface area contributed by atoms with Crippen molar-refractivity contribution in [1.82, 2.24) is 5.32 Å². The number of esters is 1. The summed E-state index contributed by atoms with van der Waals surface area (Å²) in [6, 6.07) is 14.5. The number of fused-ring (bicyclic) bond motifs is 3. The molecule has 0 bridgehead atoms. The Morgan fingerprint density at radius 2 is 1.32 bits per heavy atom. The Kier molecular flexibility index (Phi) is 12.1. The standard InChI is InChI=1S/C31H41NO6/c1-2-3-4-5-6-7-8-9-10-15-20-37-29(33)21-28(30(34)35)32-31(36)38-22-27-25-18-13-11-16-23(25)24-17-12-14-19-26(24)27/h11-14,16-19,27-28H,2-10,15,20-22H2,1H3,(H,32,36)(H,34,35)/t28-/m0/s1. The monoisotopic (exact) mass is 523 g/mol. The van der Waals surface area contributed by atoms with Gasteiger partial charge in [-0.1, -0.05) is 113 Å². The van der Waals surface area contributed by atoms with E-state index >= 15 is 0 Å². The molecule has 2 aromatic carbocycles. The summed E-state index contributed by atoms with van der Waals surface area (Å²) in [5, 5.41) is 11.8. The first-order chi connectivity index (χ1) is 18.5. The lowest BCUT2D eigenvalue weighted by Gasteiger charge is -2.17. The molecule has 1 aliphatic carbocycles. The predicted octanol–water partition coefficient (Wildman–Crippen LogP) is 6.83. The highest BCUT2D eigenvalue weighted by molar-refractivity contribution is 5.85. The summed E-state index contributed by atoms with van der Waals surface area (Å²) in [5.74, 6) is -2.09. The molecule has 0 unspecified atom stereocenters. The lowest BCUT2D eigenvalue weighted by Crippen LogP contribution is -2.43. The van der Waals surface area contributed by atoms with Crippen LogP contribution in [0.2, 0.25) is 0 Å². The van der Waals surface area contributed by atoms with Crippen LogP contribution in [-0.2, 0) is 19.1 Å². The van der Waals surface area contributed by atoms with Crippen molar-refractivity contribution in [3.63, 3.8) is 0 Å². The molecule has 2 aromatic rings. The fraction of sp³-hybridized carbons (Fsp3) is 0.516. The molecule has 2 N–H and O–H groups in total. The van der Waals surface area contributed by atoms with Gasteiger partial charge in [0, 0.05) is 5.92 Å². The summed E-state index contributed by atoms with van der Waals surface area (Å²) in [4.78, 5) is 36.2. The zero-order valence-corrected chi connectivity index (χ0v) is 22.5. The van der Waals surface area contributed by atoms with Crippen LogP contribution in [0.5, 0.6) is 0 Å². The molecule has 1 amide bonds. The van der Waals surface area contributed by atoms with Gasteiger partial charge in [-0.05, 0) is 28.7 Å². The molecular formula is C31H41NO6. The van der Waals surface area contributed by atoms with Crippen LogP contribution in [0.25, 0.3) is 11.1 Å². The Bertz CT molecular complexity index is 1010. The number of alkyl carbamates (subject to hydrolysis) is 1. The van der Waals surface area contributed by atoms with Gasteiger partial charge in [0.05, 0.1) is 13.0 Å². The Morgan fingerprint density at radius 3 is 1.87 bits per heavy atom. The number of unbranched alkanes of at least 4 members (excludes halogenated alkanes) is 9. The van der Waals surface area contributed by atoms with Crippen molar-refractivity contribution in [2.75, 3.05) is 13.2 Å². The molecule has 3 rings (SSSR count). The van der Waals surface area contributed by atoms with Crippen LogP contribution >= 0.6 is 0 Å². The van der Waals surface area contributed by atoms with Crippen molar-refractivity contribution in [2.24, 2.45) is 0 Å². The van der Waals surface area contributed by atoms with Crippen LogP contribution in [0.1, 0.15) is 94.6 Å². The third-order valence-corrected chi connectivity index (χ3v) is 7.07. The van der Waals surface area contributed by atoms with E-state index in [1.54, 1.807) is 0 Å². The Morgan fingerprint density at radius 1 is 0.789 bits per heavy atom. The number of hydrogen-bond acceptors (Lipinski definition) is 5. The molecule has 0 spiro atoms. The number of amides is 1. The number of carbonyl (C=O) groups is 3. The minimum Gasteiger partial charge on any atom is -0.480 e. The van der Waals surface area contributed by atoms with Gasteiger partial charge in [-0.25, -0.2) is 9.59 Å². The van der Waals surface area contributed by atoms with E-state index in [4.69, 9.17) is 9.47 Å². The lowest BCUT2D eigenvalue weighted by molar-refractivity contribution is -0.149. The van der Waals surface area contributed by atoms with Crippen molar-refractivity contribution >= 4 is 18.0 Å². The number of carbonyl (C=O) groups excluding carboxylic acids is 2. The fourth-order valence-corrected chi connectivity index (χ4v) is 4.98. The highest BCUT2D eigenvalue weighted by Crippen LogP contribution is 2.44. The Balaban J connectivity index is 1.35. The van der Waals surface area contributed by atoms with Crippen LogP contribution in [0, 0.1) is 0 Å². The molecule has 0 aromatic heterocycles. The molecule has 0 radical (unpaired) electrons. The largest absolute Gasteiger partial charge is 0.480 e. The Labute approximate surface area is 225 Å². The number of hydrogen-bond donors (Lipinski definition) is 2. The van der Waals surface area contributed by atoms with Gasteiger partial charge in [0.15, 0.2) is 0 Å². The fourth-order valence-electron chi connectivity index (χ4n) is 4.98. The maximum Gasteiger partial charge on any atom is 0.407 e. The van der Waals surface area contributed by atoms with Gasteiger partial charge in [0.2, 0.25) is 0 Å². The highest BCUT2D eigenvalue weighted by Gasteiger charge is 2.30. The van der Waals surface area contributed by atoms with E-state index < -0.39 is 30.5 Å². The number of ether oxygens (including phenoxy) is 2. The molecule has 0 saturated carbocycles. The summed E-state index contributed by atoms with van der Waals surface area (Å²) in [7, 11) is 0. The first-order valence-electron chi connectivity index (χ1n) is 14.0. The third-order valence-electron chi connectivity index (χ3n) is 7.07. The van der Waals surface area contributed by atoms with Crippen LogP contribution in [0.4, 0.5) is 4.79 Å². The molecule has 1 aliphatic rings. The predicted molar refractivity (Wildman–Crippen MR) is 147 cm³/mol.